The summed E-state index contributed by atoms with van der Waals surface area (Å²) in [6.07, 6.45) is 6.55. The number of aromatic nitrogens is 2. The third-order valence-electron chi connectivity index (χ3n) is 6.66. The van der Waals surface area contributed by atoms with Gasteiger partial charge in [-0.15, -0.1) is 11.3 Å². The number of rotatable bonds is 3. The third kappa shape index (κ3) is 3.47. The molecule has 1 N–H and O–H groups in total. The second-order valence-corrected chi connectivity index (χ2v) is 9.45. The molecule has 0 aromatic carbocycles. The van der Waals surface area contributed by atoms with Crippen molar-refractivity contribution in [1.82, 2.24) is 19.8 Å². The van der Waals surface area contributed by atoms with Crippen LogP contribution in [0, 0.1) is 5.92 Å². The average molecular weight is 427 g/mol. The van der Waals surface area contributed by atoms with Crippen LogP contribution < -0.4 is 5.56 Å². The molecule has 0 bridgehead atoms. The fourth-order valence-corrected chi connectivity index (χ4v) is 5.74. The second kappa shape index (κ2) is 7.98. The lowest BCUT2D eigenvalue weighted by Gasteiger charge is -2.30. The molecule has 2 amide bonds. The monoisotopic (exact) mass is 426 g/mol. The molecule has 3 aliphatic rings. The maximum absolute atomic E-state index is 13.0. The van der Waals surface area contributed by atoms with Crippen molar-refractivity contribution in [2.45, 2.75) is 57.5 Å². The van der Waals surface area contributed by atoms with E-state index in [4.69, 9.17) is 4.98 Å². The molecule has 1 saturated carbocycles. The molecule has 7 nitrogen and oxygen atoms in total. The Morgan fingerprint density at radius 2 is 1.97 bits per heavy atom. The van der Waals surface area contributed by atoms with Gasteiger partial charge in [0, 0.05) is 25.4 Å². The molecule has 1 atom stereocenters. The lowest BCUT2D eigenvalue weighted by Crippen LogP contribution is -2.41. The molecule has 4 heterocycles. The summed E-state index contributed by atoms with van der Waals surface area (Å²) in [5, 5.41) is 1.88. The summed E-state index contributed by atoms with van der Waals surface area (Å²) in [6.45, 7) is 1.57. The number of fused-ring (bicyclic) bond motifs is 1. The van der Waals surface area contributed by atoms with Crippen LogP contribution in [0.15, 0.2) is 22.3 Å². The highest BCUT2D eigenvalue weighted by molar-refractivity contribution is 7.12. The van der Waals surface area contributed by atoms with E-state index in [0.29, 0.717) is 29.2 Å². The summed E-state index contributed by atoms with van der Waals surface area (Å²) < 4.78 is 0. The summed E-state index contributed by atoms with van der Waals surface area (Å²) in [5.41, 5.74) is 1.16. The molecule has 2 aliphatic heterocycles. The summed E-state index contributed by atoms with van der Waals surface area (Å²) in [4.78, 5) is 50.6. The molecule has 2 aromatic rings. The lowest BCUT2D eigenvalue weighted by atomic mass is 10.0. The number of amides is 2. The maximum atomic E-state index is 13.0. The number of hydrogen-bond acceptors (Lipinski definition) is 5. The predicted octanol–water partition coefficient (Wildman–Crippen LogP) is 2.88. The molecule has 5 rings (SSSR count). The van der Waals surface area contributed by atoms with Crippen molar-refractivity contribution in [3.8, 4) is 0 Å². The normalized spacial score (nSPS) is 21.8. The Bertz CT molecular complexity index is 1010. The van der Waals surface area contributed by atoms with Gasteiger partial charge >= 0.3 is 0 Å². The van der Waals surface area contributed by atoms with E-state index in [2.05, 4.69) is 4.98 Å². The first-order valence-electron chi connectivity index (χ1n) is 10.9. The van der Waals surface area contributed by atoms with Gasteiger partial charge in [0.15, 0.2) is 0 Å². The Kier molecular flexibility index (Phi) is 5.18. The minimum Gasteiger partial charge on any atom is -0.333 e. The van der Waals surface area contributed by atoms with Crippen molar-refractivity contribution in [1.29, 1.82) is 0 Å². The lowest BCUT2D eigenvalue weighted by molar-refractivity contribution is -0.136. The Morgan fingerprint density at radius 3 is 2.73 bits per heavy atom. The van der Waals surface area contributed by atoms with Crippen LogP contribution in [0.25, 0.3) is 0 Å². The zero-order chi connectivity index (χ0) is 20.7. The molecule has 158 valence electrons. The summed E-state index contributed by atoms with van der Waals surface area (Å²) in [6, 6.07) is 3.53. The third-order valence-corrected chi connectivity index (χ3v) is 7.52. The van der Waals surface area contributed by atoms with Crippen molar-refractivity contribution in [3.05, 3.63) is 49.8 Å². The zero-order valence-corrected chi connectivity index (χ0v) is 17.7. The van der Waals surface area contributed by atoms with Crippen molar-refractivity contribution in [2.24, 2.45) is 5.92 Å². The number of thiophene rings is 1. The van der Waals surface area contributed by atoms with Gasteiger partial charge in [-0.1, -0.05) is 18.9 Å². The molecule has 1 saturated heterocycles. The number of nitrogens with zero attached hydrogens (tertiary/aromatic N) is 3. The minimum absolute atomic E-state index is 0.0387. The first-order chi connectivity index (χ1) is 14.6. The zero-order valence-electron chi connectivity index (χ0n) is 16.9. The van der Waals surface area contributed by atoms with E-state index in [1.54, 1.807) is 4.90 Å². The van der Waals surface area contributed by atoms with Crippen LogP contribution in [0.2, 0.25) is 0 Å². The number of H-pyrrole nitrogens is 1. The smallest absolute Gasteiger partial charge is 0.264 e. The Balaban J connectivity index is 1.37. The summed E-state index contributed by atoms with van der Waals surface area (Å²) in [5.74, 6) is 0.929. The maximum Gasteiger partial charge on any atom is 0.264 e. The fraction of sp³-hybridized carbons (Fsp3) is 0.545. The Labute approximate surface area is 179 Å². The Hall–Kier alpha value is -2.48. The highest BCUT2D eigenvalue weighted by Crippen LogP contribution is 2.35. The highest BCUT2D eigenvalue weighted by Gasteiger charge is 2.37. The van der Waals surface area contributed by atoms with Crippen LogP contribution >= 0.6 is 11.3 Å². The molecule has 0 spiro atoms. The molecular formula is C22H26N4O3S. The van der Waals surface area contributed by atoms with Gasteiger partial charge in [-0.2, -0.15) is 0 Å². The van der Waals surface area contributed by atoms with Crippen LogP contribution in [-0.4, -0.2) is 44.7 Å². The standard InChI is InChI=1S/C22H26N4O3S/c27-20-15-13-25(22(29)18-8-4-12-30-18)11-9-16(15)23-19(24-20)17-7-3-10-26(17)21(28)14-5-1-2-6-14/h4,8,12,14,17H,1-3,5-7,9-11,13H2,(H,23,24,27). The first kappa shape index (κ1) is 19.5. The van der Waals surface area contributed by atoms with E-state index in [-0.39, 0.29) is 35.9 Å². The van der Waals surface area contributed by atoms with Gasteiger partial charge in [0.2, 0.25) is 5.91 Å². The SMILES string of the molecule is O=C(c1cccs1)N1CCc2nc(C3CCCN3C(=O)C3CCCC3)[nH]c(=O)c2C1. The van der Waals surface area contributed by atoms with Gasteiger partial charge in [0.1, 0.15) is 5.82 Å². The van der Waals surface area contributed by atoms with Gasteiger partial charge in [-0.3, -0.25) is 14.4 Å². The van der Waals surface area contributed by atoms with Gasteiger partial charge in [0.25, 0.3) is 11.5 Å². The molecule has 1 aliphatic carbocycles. The van der Waals surface area contributed by atoms with Gasteiger partial charge < -0.3 is 14.8 Å². The number of aromatic amines is 1. The summed E-state index contributed by atoms with van der Waals surface area (Å²) >= 11 is 1.41. The van der Waals surface area contributed by atoms with Crippen LogP contribution in [0.4, 0.5) is 0 Å². The van der Waals surface area contributed by atoms with Crippen molar-refractivity contribution in [2.75, 3.05) is 13.1 Å². The molecule has 1 unspecified atom stereocenters. The number of carbonyl (C=O) groups excluding carboxylic acids is 2. The molecule has 0 radical (unpaired) electrons. The topological polar surface area (TPSA) is 86.4 Å². The summed E-state index contributed by atoms with van der Waals surface area (Å²) in [7, 11) is 0. The molecular weight excluding hydrogens is 400 g/mol. The van der Waals surface area contributed by atoms with Gasteiger partial charge in [-0.05, 0) is 37.1 Å². The van der Waals surface area contributed by atoms with E-state index in [0.717, 1.165) is 50.8 Å². The first-order valence-corrected chi connectivity index (χ1v) is 11.7. The van der Waals surface area contributed by atoms with Crippen molar-refractivity contribution in [3.63, 3.8) is 0 Å². The molecule has 8 heteroatoms. The predicted molar refractivity (Wildman–Crippen MR) is 113 cm³/mol. The molecule has 30 heavy (non-hydrogen) atoms. The molecule has 2 aromatic heterocycles. The van der Waals surface area contributed by atoms with Crippen molar-refractivity contribution < 1.29 is 9.59 Å². The quantitative estimate of drug-likeness (QED) is 0.818. The fourth-order valence-electron chi connectivity index (χ4n) is 5.05. The number of likely N-dealkylation sites (tertiary alicyclic amines) is 1. The van der Waals surface area contributed by atoms with E-state index in [9.17, 15) is 14.4 Å². The Morgan fingerprint density at radius 1 is 1.13 bits per heavy atom. The van der Waals surface area contributed by atoms with Crippen LogP contribution in [0.1, 0.15) is 71.3 Å². The number of carbonyl (C=O) groups is 2. The number of hydrogen-bond donors (Lipinski definition) is 1. The second-order valence-electron chi connectivity index (χ2n) is 8.50. The molecule has 2 fully saturated rings. The van der Waals surface area contributed by atoms with Crippen molar-refractivity contribution >= 4 is 23.2 Å². The van der Waals surface area contributed by atoms with Crippen LogP contribution in [0.3, 0.4) is 0 Å². The van der Waals surface area contributed by atoms with E-state index < -0.39 is 0 Å². The minimum atomic E-state index is -0.182. The van der Waals surface area contributed by atoms with E-state index in [1.807, 2.05) is 22.4 Å². The highest BCUT2D eigenvalue weighted by atomic mass is 32.1. The van der Waals surface area contributed by atoms with Gasteiger partial charge in [0.05, 0.1) is 28.7 Å². The van der Waals surface area contributed by atoms with E-state index in [1.165, 1.54) is 11.3 Å². The average Bonchev–Trinajstić information content (AvgIpc) is 3.54. The largest absolute Gasteiger partial charge is 0.333 e. The van der Waals surface area contributed by atoms with E-state index >= 15 is 0 Å². The number of nitrogens with one attached hydrogen (secondary N) is 1. The van der Waals surface area contributed by atoms with Gasteiger partial charge in [-0.25, -0.2) is 4.98 Å². The van der Waals surface area contributed by atoms with Crippen LogP contribution in [0.5, 0.6) is 0 Å². The van der Waals surface area contributed by atoms with Crippen LogP contribution in [-0.2, 0) is 17.8 Å².